The fourth-order valence-corrected chi connectivity index (χ4v) is 6.46. The van der Waals surface area contributed by atoms with Crippen LogP contribution in [0.2, 0.25) is 0 Å². The van der Waals surface area contributed by atoms with Gasteiger partial charge in [-0.2, -0.15) is 0 Å². The molecule has 15 heavy (non-hydrogen) atoms. The van der Waals surface area contributed by atoms with Crippen LogP contribution in [0.15, 0.2) is 60.0 Å². The van der Waals surface area contributed by atoms with Crippen LogP contribution in [0.3, 0.4) is 0 Å². The molecule has 0 saturated carbocycles. The molecule has 1 heteroatoms. The molecule has 1 aliphatic rings. The van der Waals surface area contributed by atoms with Gasteiger partial charge in [0.15, 0.2) is 0 Å². The first-order valence-electron chi connectivity index (χ1n) is 5.02. The van der Waals surface area contributed by atoms with Crippen LogP contribution >= 0.6 is 0 Å². The van der Waals surface area contributed by atoms with Crippen LogP contribution in [0.5, 0.6) is 0 Å². The van der Waals surface area contributed by atoms with E-state index in [0.29, 0.717) is 0 Å². The molecule has 0 nitrogen and oxygen atoms in total. The average molecular weight is 254 g/mol. The number of hydrogen-bond donors (Lipinski definition) is 0. The molecule has 2 aromatic rings. The summed E-state index contributed by atoms with van der Waals surface area (Å²) in [6, 6.07) is 17.5. The molecule has 0 bridgehead atoms. The molecule has 1 aliphatic heterocycles. The van der Waals surface area contributed by atoms with Crippen molar-refractivity contribution in [3.8, 4) is 11.1 Å². The second kappa shape index (κ2) is 3.39. The van der Waals surface area contributed by atoms with Gasteiger partial charge in [0.25, 0.3) is 0 Å². The van der Waals surface area contributed by atoms with Crippen molar-refractivity contribution in [2.45, 2.75) is 0 Å². The zero-order valence-electron chi connectivity index (χ0n) is 8.35. The van der Waals surface area contributed by atoms with Crippen molar-refractivity contribution >= 4 is 23.4 Å². The molecule has 2 aromatic carbocycles. The van der Waals surface area contributed by atoms with Crippen molar-refractivity contribution in [1.29, 1.82) is 0 Å². The van der Waals surface area contributed by atoms with Crippen LogP contribution in [-0.2, 0) is 0 Å². The van der Waals surface area contributed by atoms with Gasteiger partial charge in [-0.05, 0) is 0 Å². The van der Waals surface area contributed by atoms with Crippen molar-refractivity contribution in [3.63, 3.8) is 0 Å². The van der Waals surface area contributed by atoms with E-state index in [4.69, 9.17) is 0 Å². The molecule has 0 spiro atoms. The zero-order chi connectivity index (χ0) is 10.3. The Morgan fingerprint density at radius 3 is 1.73 bits per heavy atom. The first-order chi connectivity index (χ1) is 7.42. The molecule has 0 aliphatic carbocycles. The Morgan fingerprint density at radius 2 is 1.27 bits per heavy atom. The normalized spacial score (nSPS) is 13.3. The van der Waals surface area contributed by atoms with Gasteiger partial charge in [-0.1, -0.05) is 0 Å². The molecular formula is C14H11As. The topological polar surface area (TPSA) is 0 Å². The third-order valence-electron chi connectivity index (χ3n) is 2.80. The maximum absolute atomic E-state index is 4.01. The van der Waals surface area contributed by atoms with Gasteiger partial charge >= 0.3 is 94.5 Å². The Kier molecular flexibility index (Phi) is 2.04. The second-order valence-electron chi connectivity index (χ2n) is 3.59. The molecule has 0 radical (unpaired) electrons. The number of fused-ring (bicyclic) bond motifs is 3. The van der Waals surface area contributed by atoms with Gasteiger partial charge in [-0.25, -0.2) is 0 Å². The Morgan fingerprint density at radius 1 is 0.800 bits per heavy atom. The van der Waals surface area contributed by atoms with Crippen molar-refractivity contribution < 1.29 is 0 Å². The third-order valence-corrected chi connectivity index (χ3v) is 7.38. The summed E-state index contributed by atoms with van der Waals surface area (Å²) in [7, 11) is 0. The average Bonchev–Trinajstić information content (AvgIpc) is 2.63. The Bertz CT molecular complexity index is 483. The molecule has 0 aromatic heterocycles. The summed E-state index contributed by atoms with van der Waals surface area (Å²) in [4.78, 5) is 2.18. The minimum atomic E-state index is -1.16. The van der Waals surface area contributed by atoms with Crippen molar-refractivity contribution in [2.75, 3.05) is 0 Å². The van der Waals surface area contributed by atoms with Crippen LogP contribution in [0.25, 0.3) is 11.1 Å². The first kappa shape index (κ1) is 9.00. The molecule has 1 heterocycles. The van der Waals surface area contributed by atoms with Crippen LogP contribution < -0.4 is 8.70 Å². The zero-order valence-corrected chi connectivity index (χ0v) is 10.2. The molecular weight excluding hydrogens is 243 g/mol. The van der Waals surface area contributed by atoms with E-state index in [1.165, 1.54) is 19.8 Å². The summed E-state index contributed by atoms with van der Waals surface area (Å²) in [5, 5.41) is 0. The van der Waals surface area contributed by atoms with E-state index in [1.807, 2.05) is 0 Å². The van der Waals surface area contributed by atoms with Crippen molar-refractivity contribution in [3.05, 3.63) is 60.0 Å². The number of rotatable bonds is 1. The molecule has 0 N–H and O–H groups in total. The van der Waals surface area contributed by atoms with E-state index < -0.39 is 14.7 Å². The summed E-state index contributed by atoms with van der Waals surface area (Å²) >= 11 is -1.16. The monoisotopic (exact) mass is 254 g/mol. The van der Waals surface area contributed by atoms with Crippen molar-refractivity contribution in [2.24, 2.45) is 0 Å². The quantitative estimate of drug-likeness (QED) is 0.683. The molecule has 0 amide bonds. The van der Waals surface area contributed by atoms with Gasteiger partial charge in [0.2, 0.25) is 0 Å². The Labute approximate surface area is 94.5 Å². The summed E-state index contributed by atoms with van der Waals surface area (Å²) in [5.41, 5.74) is 2.85. The van der Waals surface area contributed by atoms with Crippen LogP contribution in [0, 0.1) is 0 Å². The fraction of sp³-hybridized carbons (Fsp3) is 0. The van der Waals surface area contributed by atoms with Gasteiger partial charge in [-0.15, -0.1) is 0 Å². The standard InChI is InChI=1S/C14H11As/c1-2-15-13-9-5-3-7-11(13)12-8-4-6-10-14(12)15/h2-10H,1H2. The summed E-state index contributed by atoms with van der Waals surface area (Å²) in [6.07, 6.45) is 0. The minimum absolute atomic E-state index is 1.16. The van der Waals surface area contributed by atoms with Crippen LogP contribution in [0.4, 0.5) is 0 Å². The first-order valence-corrected chi connectivity index (χ1v) is 7.98. The van der Waals surface area contributed by atoms with Gasteiger partial charge in [-0.3, -0.25) is 0 Å². The van der Waals surface area contributed by atoms with Gasteiger partial charge in [0.05, 0.1) is 0 Å². The van der Waals surface area contributed by atoms with Gasteiger partial charge in [0.1, 0.15) is 0 Å². The Hall–Kier alpha value is -1.26. The fourth-order valence-electron chi connectivity index (χ4n) is 2.15. The molecule has 0 atom stereocenters. The summed E-state index contributed by atoms with van der Waals surface area (Å²) in [6.45, 7) is 4.01. The molecule has 72 valence electrons. The number of hydrogen-bond acceptors (Lipinski definition) is 0. The third kappa shape index (κ3) is 1.22. The number of benzene rings is 2. The van der Waals surface area contributed by atoms with E-state index in [9.17, 15) is 0 Å². The van der Waals surface area contributed by atoms with Crippen molar-refractivity contribution in [1.82, 2.24) is 0 Å². The molecule has 0 unspecified atom stereocenters. The van der Waals surface area contributed by atoms with Crippen LogP contribution in [0.1, 0.15) is 0 Å². The van der Waals surface area contributed by atoms with Gasteiger partial charge in [0, 0.05) is 0 Å². The van der Waals surface area contributed by atoms with Gasteiger partial charge < -0.3 is 0 Å². The van der Waals surface area contributed by atoms with E-state index in [1.54, 1.807) is 0 Å². The predicted octanol–water partition coefficient (Wildman–Crippen LogP) is 2.00. The molecule has 0 saturated heterocycles. The molecule has 0 fully saturated rings. The summed E-state index contributed by atoms with van der Waals surface area (Å²) in [5.74, 6) is 0. The molecule has 3 rings (SSSR count). The van der Waals surface area contributed by atoms with E-state index in [-0.39, 0.29) is 0 Å². The van der Waals surface area contributed by atoms with E-state index >= 15 is 0 Å². The predicted molar refractivity (Wildman–Crippen MR) is 67.1 cm³/mol. The maximum atomic E-state index is 4.01. The second-order valence-corrected chi connectivity index (χ2v) is 7.93. The summed E-state index contributed by atoms with van der Waals surface area (Å²) < 4.78 is 3.06. The Balaban J connectivity index is 2.35. The SMILES string of the molecule is C=C[As]1c2ccccc2-c2ccccc21. The van der Waals surface area contributed by atoms with Crippen LogP contribution in [-0.4, -0.2) is 14.7 Å². The van der Waals surface area contributed by atoms with E-state index in [0.717, 1.165) is 0 Å². The van der Waals surface area contributed by atoms with E-state index in [2.05, 4.69) is 60.0 Å².